The Morgan fingerprint density at radius 3 is 2.61 bits per heavy atom. The van der Waals surface area contributed by atoms with E-state index >= 15 is 0 Å². The predicted octanol–water partition coefficient (Wildman–Crippen LogP) is 4.77. The van der Waals surface area contributed by atoms with Crippen molar-refractivity contribution in [2.75, 3.05) is 26.7 Å². The molecule has 7 heteroatoms. The molecule has 0 bridgehead atoms. The molecule has 0 aliphatic carbocycles. The summed E-state index contributed by atoms with van der Waals surface area (Å²) in [6.07, 6.45) is -1.80. The number of nitrogens with zero attached hydrogens (tertiary/aromatic N) is 1. The van der Waals surface area contributed by atoms with Crippen molar-refractivity contribution in [1.82, 2.24) is 10.2 Å². The summed E-state index contributed by atoms with van der Waals surface area (Å²) in [6.45, 7) is 1.88. The number of nitrogens with one attached hydrogen (secondary N) is 1. The number of benzene rings is 2. The summed E-state index contributed by atoms with van der Waals surface area (Å²) < 4.78 is 44.5. The van der Waals surface area contributed by atoms with Crippen LogP contribution in [0.3, 0.4) is 0 Å². The number of hydrogen-bond donors (Lipinski definition) is 1. The number of piperidine rings is 1. The van der Waals surface area contributed by atoms with Crippen LogP contribution in [0.5, 0.6) is 5.75 Å². The molecule has 0 saturated carbocycles. The van der Waals surface area contributed by atoms with Crippen LogP contribution in [-0.2, 0) is 11.0 Å². The number of ether oxygens (including phenoxy) is 1. The molecule has 2 aliphatic heterocycles. The fourth-order valence-electron chi connectivity index (χ4n) is 4.84. The molecule has 0 radical (unpaired) electrons. The maximum absolute atomic E-state index is 13.0. The van der Waals surface area contributed by atoms with E-state index in [1.54, 1.807) is 12.1 Å². The zero-order chi connectivity index (χ0) is 22.0. The van der Waals surface area contributed by atoms with E-state index in [-0.39, 0.29) is 23.8 Å². The van der Waals surface area contributed by atoms with Crippen LogP contribution in [0.25, 0.3) is 0 Å². The third kappa shape index (κ3) is 4.71. The van der Waals surface area contributed by atoms with E-state index in [0.29, 0.717) is 19.6 Å². The molecule has 0 spiro atoms. The minimum absolute atomic E-state index is 0.0184. The molecule has 2 aliphatic rings. The molecule has 2 aromatic rings. The SMILES string of the molecule is CN1CCCC(CNC(=O)C2CCOc3ccccc32)C1c1ccc(C(F)(F)F)cc1. The van der Waals surface area contributed by atoms with Crippen molar-refractivity contribution in [3.8, 4) is 5.75 Å². The summed E-state index contributed by atoms with van der Waals surface area (Å²) in [5.41, 5.74) is 1.12. The lowest BCUT2D eigenvalue weighted by molar-refractivity contribution is -0.137. The molecule has 3 atom stereocenters. The van der Waals surface area contributed by atoms with Gasteiger partial charge in [-0.25, -0.2) is 0 Å². The third-order valence-electron chi connectivity index (χ3n) is 6.40. The normalized spacial score (nSPS) is 24.2. The second-order valence-corrected chi connectivity index (χ2v) is 8.42. The fraction of sp³-hybridized carbons (Fsp3) is 0.458. The number of hydrogen-bond acceptors (Lipinski definition) is 3. The van der Waals surface area contributed by atoms with Crippen LogP contribution in [0, 0.1) is 5.92 Å². The van der Waals surface area contributed by atoms with Gasteiger partial charge in [0.25, 0.3) is 0 Å². The lowest BCUT2D eigenvalue weighted by Crippen LogP contribution is -2.43. The van der Waals surface area contributed by atoms with Gasteiger partial charge >= 0.3 is 6.18 Å². The maximum Gasteiger partial charge on any atom is 0.416 e. The molecule has 4 nitrogen and oxygen atoms in total. The number of carbonyl (C=O) groups excluding carboxylic acids is 1. The lowest BCUT2D eigenvalue weighted by atomic mass is 9.84. The number of carbonyl (C=O) groups is 1. The van der Waals surface area contributed by atoms with Crippen LogP contribution in [0.1, 0.15) is 47.9 Å². The summed E-state index contributed by atoms with van der Waals surface area (Å²) in [6, 6.07) is 13.0. The number of para-hydroxylation sites is 1. The van der Waals surface area contributed by atoms with Crippen LogP contribution in [0.2, 0.25) is 0 Å². The molecular weight excluding hydrogens is 405 g/mol. The highest BCUT2D eigenvalue weighted by Crippen LogP contribution is 2.37. The summed E-state index contributed by atoms with van der Waals surface area (Å²) >= 11 is 0. The molecule has 4 rings (SSSR count). The predicted molar refractivity (Wildman–Crippen MR) is 112 cm³/mol. The van der Waals surface area contributed by atoms with Gasteiger partial charge in [0.05, 0.1) is 18.1 Å². The van der Waals surface area contributed by atoms with Crippen molar-refractivity contribution in [3.05, 3.63) is 65.2 Å². The van der Waals surface area contributed by atoms with Crippen molar-refractivity contribution in [1.29, 1.82) is 0 Å². The third-order valence-corrected chi connectivity index (χ3v) is 6.40. The Kier molecular flexibility index (Phi) is 6.23. The summed E-state index contributed by atoms with van der Waals surface area (Å²) in [4.78, 5) is 15.2. The number of rotatable bonds is 4. The molecule has 0 aromatic heterocycles. The smallest absolute Gasteiger partial charge is 0.416 e. The first-order valence-corrected chi connectivity index (χ1v) is 10.7. The van der Waals surface area contributed by atoms with Crippen LogP contribution < -0.4 is 10.1 Å². The van der Waals surface area contributed by atoms with Gasteiger partial charge < -0.3 is 10.1 Å². The standard InChI is InChI=1S/C24H27F3N2O2/c1-29-13-4-5-17(22(29)16-8-10-18(11-9-16)24(25,26)27)15-28-23(30)20-12-14-31-21-7-3-2-6-19(20)21/h2-3,6-11,17,20,22H,4-5,12-15H2,1H3,(H,28,30). The summed E-state index contributed by atoms with van der Waals surface area (Å²) in [7, 11) is 1.99. The lowest BCUT2D eigenvalue weighted by Gasteiger charge is -2.40. The van der Waals surface area contributed by atoms with E-state index in [0.717, 1.165) is 48.4 Å². The van der Waals surface area contributed by atoms with Crippen molar-refractivity contribution in [2.45, 2.75) is 37.4 Å². The number of halogens is 3. The highest BCUT2D eigenvalue weighted by molar-refractivity contribution is 5.84. The molecule has 1 fully saturated rings. The average Bonchev–Trinajstić information content (AvgIpc) is 2.76. The van der Waals surface area contributed by atoms with Crippen molar-refractivity contribution < 1.29 is 22.7 Å². The fourth-order valence-corrected chi connectivity index (χ4v) is 4.84. The Morgan fingerprint density at radius 2 is 1.87 bits per heavy atom. The summed E-state index contributed by atoms with van der Waals surface area (Å²) in [5, 5.41) is 3.12. The molecule has 2 heterocycles. The zero-order valence-electron chi connectivity index (χ0n) is 17.5. The largest absolute Gasteiger partial charge is 0.493 e. The highest BCUT2D eigenvalue weighted by atomic mass is 19.4. The second-order valence-electron chi connectivity index (χ2n) is 8.42. The molecule has 1 amide bonds. The first-order chi connectivity index (χ1) is 14.8. The topological polar surface area (TPSA) is 41.6 Å². The monoisotopic (exact) mass is 432 g/mol. The second kappa shape index (κ2) is 8.91. The van der Waals surface area contributed by atoms with Gasteiger partial charge in [0.1, 0.15) is 5.75 Å². The molecule has 3 unspecified atom stereocenters. The molecule has 31 heavy (non-hydrogen) atoms. The zero-order valence-corrected chi connectivity index (χ0v) is 17.5. The van der Waals surface area contributed by atoms with Gasteiger partial charge in [-0.2, -0.15) is 13.2 Å². The van der Waals surface area contributed by atoms with Crippen LogP contribution in [0.15, 0.2) is 48.5 Å². The van der Waals surface area contributed by atoms with Gasteiger partial charge in [-0.05, 0) is 62.5 Å². The van der Waals surface area contributed by atoms with E-state index < -0.39 is 11.7 Å². The van der Waals surface area contributed by atoms with Gasteiger partial charge in [-0.3, -0.25) is 9.69 Å². The summed E-state index contributed by atoms with van der Waals surface area (Å²) in [5.74, 6) is 0.634. The quantitative estimate of drug-likeness (QED) is 0.757. The van der Waals surface area contributed by atoms with Crippen molar-refractivity contribution in [3.63, 3.8) is 0 Å². The Labute approximate surface area is 180 Å². The maximum atomic E-state index is 13.0. The van der Waals surface area contributed by atoms with Crippen molar-refractivity contribution >= 4 is 5.91 Å². The van der Waals surface area contributed by atoms with Crippen molar-refractivity contribution in [2.24, 2.45) is 5.92 Å². The first-order valence-electron chi connectivity index (χ1n) is 10.7. The Hall–Kier alpha value is -2.54. The minimum atomic E-state index is -4.34. The molecule has 2 aromatic carbocycles. The highest BCUT2D eigenvalue weighted by Gasteiger charge is 2.34. The van der Waals surface area contributed by atoms with Gasteiger partial charge in [-0.1, -0.05) is 30.3 Å². The average molecular weight is 432 g/mol. The van der Waals surface area contributed by atoms with E-state index in [1.807, 2.05) is 31.3 Å². The van der Waals surface area contributed by atoms with E-state index in [9.17, 15) is 18.0 Å². The van der Waals surface area contributed by atoms with Gasteiger partial charge in [0.2, 0.25) is 5.91 Å². The molecule has 1 saturated heterocycles. The first kappa shape index (κ1) is 21.7. The minimum Gasteiger partial charge on any atom is -0.493 e. The van der Waals surface area contributed by atoms with E-state index in [2.05, 4.69) is 10.2 Å². The molecular formula is C24H27F3N2O2. The Balaban J connectivity index is 1.46. The number of fused-ring (bicyclic) bond motifs is 1. The van der Waals surface area contributed by atoms with Crippen LogP contribution in [0.4, 0.5) is 13.2 Å². The van der Waals surface area contributed by atoms with Gasteiger partial charge in [0.15, 0.2) is 0 Å². The Morgan fingerprint density at radius 1 is 1.13 bits per heavy atom. The number of amides is 1. The molecule has 166 valence electrons. The van der Waals surface area contributed by atoms with Crippen LogP contribution in [-0.4, -0.2) is 37.6 Å². The number of alkyl halides is 3. The van der Waals surface area contributed by atoms with E-state index in [4.69, 9.17) is 4.74 Å². The van der Waals surface area contributed by atoms with Gasteiger partial charge in [-0.15, -0.1) is 0 Å². The Bertz CT molecular complexity index is 914. The van der Waals surface area contributed by atoms with Gasteiger partial charge in [0, 0.05) is 18.2 Å². The van der Waals surface area contributed by atoms with E-state index in [1.165, 1.54) is 0 Å². The molecule has 1 N–H and O–H groups in total. The van der Waals surface area contributed by atoms with Crippen LogP contribution >= 0.6 is 0 Å². The number of likely N-dealkylation sites (tertiary alicyclic amines) is 1.